The smallest absolute Gasteiger partial charge is 0.410 e. The fourth-order valence-corrected chi connectivity index (χ4v) is 7.86. The third-order valence-corrected chi connectivity index (χ3v) is 10.8. The maximum absolute atomic E-state index is 15.7. The molecule has 5 rings (SSSR count). The number of nitrogens with zero attached hydrogens (tertiary/aromatic N) is 4. The molecule has 3 aromatic carbocycles. The van der Waals surface area contributed by atoms with Crippen LogP contribution < -0.4 is 18.5 Å². The Morgan fingerprint density at radius 3 is 2.45 bits per heavy atom. The average molecular weight is 733 g/mol. The fraction of sp³-hybridized carbons (Fsp3) is 0.382. The third-order valence-electron chi connectivity index (χ3n) is 8.00. The van der Waals surface area contributed by atoms with Crippen molar-refractivity contribution in [3.05, 3.63) is 89.0 Å². The minimum atomic E-state index is -4.33. The lowest BCUT2D eigenvalue weighted by Crippen LogP contribution is -2.46. The summed E-state index contributed by atoms with van der Waals surface area (Å²) in [4.78, 5) is 18.4. The molecule has 0 N–H and O–H groups in total. The Morgan fingerprint density at radius 2 is 1.82 bits per heavy atom. The second-order valence-electron chi connectivity index (χ2n) is 12.4. The summed E-state index contributed by atoms with van der Waals surface area (Å²) in [6.07, 6.45) is 1.45. The van der Waals surface area contributed by atoms with Gasteiger partial charge in [-0.3, -0.25) is 0 Å². The van der Waals surface area contributed by atoms with E-state index in [0.717, 1.165) is 27.5 Å². The molecule has 0 saturated carbocycles. The summed E-state index contributed by atoms with van der Waals surface area (Å²) in [5.74, 6) is -0.268. The predicted molar refractivity (Wildman–Crippen MR) is 185 cm³/mol. The van der Waals surface area contributed by atoms with E-state index in [1.807, 2.05) is 45.0 Å². The standard InChI is InChI=1S/C34H38ClFN4O7S2/c1-34(2,3)47-33(41)39-15-14-28(22-6-9-25(35)10-7-22)24(18-39)20-46-30-13-12-27(17-29(30)36)49(42,43)40(32-37-21-38-48-32)19-23-8-11-26(44-4)16-31(23)45-5/h6-13,16-17,21,24,28H,14-15,18-20H2,1-5H3/t24-,28-/m1/s1. The zero-order chi connectivity index (χ0) is 35.3. The van der Waals surface area contributed by atoms with Crippen LogP contribution in [0.4, 0.5) is 14.3 Å². The minimum absolute atomic E-state index is 0.00549. The lowest BCUT2D eigenvalue weighted by atomic mass is 9.81. The number of hydrogen-bond acceptors (Lipinski definition) is 10. The molecule has 0 radical (unpaired) electrons. The molecule has 262 valence electrons. The minimum Gasteiger partial charge on any atom is -0.497 e. The lowest BCUT2D eigenvalue weighted by molar-refractivity contribution is 0.0110. The Hall–Kier alpha value is -4.14. The molecule has 0 aliphatic carbocycles. The Labute approximate surface area is 294 Å². The first-order valence-corrected chi connectivity index (χ1v) is 18.0. The number of ether oxygens (including phenoxy) is 4. The molecule has 1 fully saturated rings. The summed E-state index contributed by atoms with van der Waals surface area (Å²) in [6.45, 7) is 6.12. The summed E-state index contributed by atoms with van der Waals surface area (Å²) in [7, 11) is -1.35. The van der Waals surface area contributed by atoms with E-state index in [9.17, 15) is 13.2 Å². The van der Waals surface area contributed by atoms with Gasteiger partial charge in [-0.1, -0.05) is 23.7 Å². The highest BCUT2D eigenvalue weighted by Crippen LogP contribution is 2.36. The molecule has 15 heteroatoms. The van der Waals surface area contributed by atoms with Gasteiger partial charge >= 0.3 is 6.09 Å². The van der Waals surface area contributed by atoms with Gasteiger partial charge in [-0.2, -0.15) is 4.37 Å². The van der Waals surface area contributed by atoms with Crippen LogP contribution >= 0.6 is 23.1 Å². The number of carbonyl (C=O) groups excluding carboxylic acids is 1. The highest BCUT2D eigenvalue weighted by atomic mass is 35.5. The summed E-state index contributed by atoms with van der Waals surface area (Å²) in [5, 5.41) is 0.700. The maximum atomic E-state index is 15.7. The van der Waals surface area contributed by atoms with Crippen LogP contribution in [-0.2, 0) is 21.3 Å². The first-order valence-electron chi connectivity index (χ1n) is 15.4. The van der Waals surface area contributed by atoms with Crippen LogP contribution in [0.25, 0.3) is 0 Å². The van der Waals surface area contributed by atoms with Crippen LogP contribution in [0.5, 0.6) is 17.2 Å². The van der Waals surface area contributed by atoms with Crippen LogP contribution in [0.2, 0.25) is 5.02 Å². The highest BCUT2D eigenvalue weighted by molar-refractivity contribution is 7.93. The van der Waals surface area contributed by atoms with Crippen LogP contribution in [0, 0.1) is 11.7 Å². The number of sulfonamides is 1. The molecule has 1 saturated heterocycles. The van der Waals surface area contributed by atoms with Crippen LogP contribution in [0.3, 0.4) is 0 Å². The molecular formula is C34H38ClFN4O7S2. The number of carbonyl (C=O) groups is 1. The number of halogens is 2. The van der Waals surface area contributed by atoms with Gasteiger partial charge < -0.3 is 23.8 Å². The molecular weight excluding hydrogens is 695 g/mol. The zero-order valence-corrected chi connectivity index (χ0v) is 30.1. The quantitative estimate of drug-likeness (QED) is 0.158. The van der Waals surface area contributed by atoms with Crippen molar-refractivity contribution in [2.75, 3.05) is 38.2 Å². The SMILES string of the molecule is COc1ccc(CN(c2ncns2)S(=O)(=O)c2ccc(OC[C@H]3CN(C(=O)OC(C)(C)C)CC[C@@H]3c3ccc(Cl)cc3)c(F)c2)c(OC)c1. The van der Waals surface area contributed by atoms with Crippen molar-refractivity contribution in [3.8, 4) is 17.2 Å². The Bertz CT molecular complexity index is 1860. The van der Waals surface area contributed by atoms with Gasteiger partial charge in [-0.15, -0.1) is 0 Å². The van der Waals surface area contributed by atoms with Crippen molar-refractivity contribution in [1.29, 1.82) is 0 Å². The Kier molecular flexibility index (Phi) is 11.2. The topological polar surface area (TPSA) is 120 Å². The predicted octanol–water partition coefficient (Wildman–Crippen LogP) is 7.16. The van der Waals surface area contributed by atoms with Crippen molar-refractivity contribution < 1.29 is 36.6 Å². The maximum Gasteiger partial charge on any atom is 0.410 e. The van der Waals surface area contributed by atoms with Crippen molar-refractivity contribution in [1.82, 2.24) is 14.3 Å². The van der Waals surface area contributed by atoms with E-state index in [1.165, 1.54) is 32.7 Å². The summed E-state index contributed by atoms with van der Waals surface area (Å²) < 4.78 is 71.0. The molecule has 11 nitrogen and oxygen atoms in total. The lowest BCUT2D eigenvalue weighted by Gasteiger charge is -2.39. The van der Waals surface area contributed by atoms with E-state index >= 15 is 4.39 Å². The number of rotatable bonds is 11. The number of piperidine rings is 1. The van der Waals surface area contributed by atoms with E-state index in [1.54, 1.807) is 23.1 Å². The van der Waals surface area contributed by atoms with Crippen LogP contribution in [0.1, 0.15) is 44.2 Å². The number of anilines is 1. The number of hydrogen-bond donors (Lipinski definition) is 0. The molecule has 2 atom stereocenters. The summed E-state index contributed by atoms with van der Waals surface area (Å²) >= 11 is 7.02. The number of aromatic nitrogens is 2. The molecule has 4 aromatic rings. The molecule has 1 aromatic heterocycles. The first-order chi connectivity index (χ1) is 23.3. The third kappa shape index (κ3) is 8.72. The second-order valence-corrected chi connectivity index (χ2v) is 15.5. The normalized spacial score (nSPS) is 16.6. The average Bonchev–Trinajstić information content (AvgIpc) is 3.60. The van der Waals surface area contributed by atoms with E-state index < -0.39 is 27.5 Å². The van der Waals surface area contributed by atoms with E-state index in [2.05, 4.69) is 9.36 Å². The van der Waals surface area contributed by atoms with Crippen LogP contribution in [-0.4, -0.2) is 68.3 Å². The summed E-state index contributed by atoms with van der Waals surface area (Å²) in [6, 6.07) is 16.0. The first kappa shape index (κ1) is 36.1. The fourth-order valence-electron chi connectivity index (χ4n) is 5.60. The van der Waals surface area contributed by atoms with Crippen molar-refractivity contribution in [2.45, 2.75) is 50.2 Å². The van der Waals surface area contributed by atoms with Crippen LogP contribution in [0.15, 0.2) is 71.9 Å². The number of benzene rings is 3. The summed E-state index contributed by atoms with van der Waals surface area (Å²) in [5.41, 5.74) is 0.896. The Balaban J connectivity index is 1.37. The number of methoxy groups -OCH3 is 2. The molecule has 1 aliphatic rings. The molecule has 0 unspecified atom stereocenters. The Morgan fingerprint density at radius 1 is 1.06 bits per heavy atom. The largest absolute Gasteiger partial charge is 0.497 e. The van der Waals surface area contributed by atoms with Gasteiger partial charge in [0.2, 0.25) is 5.13 Å². The molecule has 2 heterocycles. The van der Waals surface area contributed by atoms with Gasteiger partial charge in [-0.25, -0.2) is 26.9 Å². The number of likely N-dealkylation sites (tertiary alicyclic amines) is 1. The van der Waals surface area contributed by atoms with E-state index in [0.29, 0.717) is 41.6 Å². The molecule has 0 bridgehead atoms. The van der Waals surface area contributed by atoms with Gasteiger partial charge in [0.15, 0.2) is 11.6 Å². The molecule has 49 heavy (non-hydrogen) atoms. The van der Waals surface area contributed by atoms with Gasteiger partial charge in [0, 0.05) is 47.2 Å². The molecule has 0 spiro atoms. The van der Waals surface area contributed by atoms with E-state index in [4.69, 9.17) is 30.5 Å². The van der Waals surface area contributed by atoms with E-state index in [-0.39, 0.29) is 40.8 Å². The monoisotopic (exact) mass is 732 g/mol. The number of amides is 1. The van der Waals surface area contributed by atoms with Crippen molar-refractivity contribution in [2.24, 2.45) is 5.92 Å². The van der Waals surface area contributed by atoms with Gasteiger partial charge in [0.05, 0.1) is 32.3 Å². The molecule has 1 amide bonds. The van der Waals surface area contributed by atoms with Gasteiger partial charge in [0.25, 0.3) is 10.0 Å². The van der Waals surface area contributed by atoms with Gasteiger partial charge in [0.1, 0.15) is 23.4 Å². The zero-order valence-electron chi connectivity index (χ0n) is 27.8. The second kappa shape index (κ2) is 15.2. The molecule has 1 aliphatic heterocycles. The van der Waals surface area contributed by atoms with Crippen molar-refractivity contribution >= 4 is 44.4 Å². The van der Waals surface area contributed by atoms with Gasteiger partial charge in [-0.05, 0) is 81.1 Å². The highest BCUT2D eigenvalue weighted by Gasteiger charge is 2.35. The van der Waals surface area contributed by atoms with Crippen molar-refractivity contribution in [3.63, 3.8) is 0 Å².